The average molecular weight is 212 g/mol. The first kappa shape index (κ1) is 13.0. The molecule has 0 aromatic rings. The Labute approximate surface area is 95.4 Å². The second kappa shape index (κ2) is 6.49. The van der Waals surface area contributed by atoms with E-state index < -0.39 is 0 Å². The van der Waals surface area contributed by atoms with Crippen molar-refractivity contribution in [1.29, 1.82) is 0 Å². The van der Waals surface area contributed by atoms with Crippen molar-refractivity contribution in [2.24, 2.45) is 0 Å². The standard InChI is InChI=1S/C13H28N2/c1-5-9-14-11(3)12(4)15(10-6-2)13-7-8-13/h11-14H,5-10H2,1-4H3. The van der Waals surface area contributed by atoms with Gasteiger partial charge in [0.05, 0.1) is 0 Å². The van der Waals surface area contributed by atoms with Gasteiger partial charge >= 0.3 is 0 Å². The predicted octanol–water partition coefficient (Wildman–Crippen LogP) is 2.64. The predicted molar refractivity (Wildman–Crippen MR) is 67.2 cm³/mol. The molecule has 2 atom stereocenters. The summed E-state index contributed by atoms with van der Waals surface area (Å²) < 4.78 is 0. The SMILES string of the molecule is CCCNC(C)C(C)N(CCC)C1CC1. The fourth-order valence-corrected chi connectivity index (χ4v) is 2.21. The van der Waals surface area contributed by atoms with Crippen molar-refractivity contribution in [2.45, 2.75) is 71.5 Å². The third-order valence-electron chi connectivity index (χ3n) is 3.46. The van der Waals surface area contributed by atoms with Crippen LogP contribution in [-0.2, 0) is 0 Å². The highest BCUT2D eigenvalue weighted by Crippen LogP contribution is 2.29. The lowest BCUT2D eigenvalue weighted by molar-refractivity contribution is 0.165. The highest BCUT2D eigenvalue weighted by atomic mass is 15.2. The Morgan fingerprint density at radius 3 is 2.33 bits per heavy atom. The molecule has 2 nitrogen and oxygen atoms in total. The lowest BCUT2D eigenvalue weighted by atomic mass is 10.1. The van der Waals surface area contributed by atoms with Crippen molar-refractivity contribution in [1.82, 2.24) is 10.2 Å². The van der Waals surface area contributed by atoms with E-state index in [-0.39, 0.29) is 0 Å². The Hall–Kier alpha value is -0.0800. The summed E-state index contributed by atoms with van der Waals surface area (Å²) in [4.78, 5) is 2.70. The van der Waals surface area contributed by atoms with Gasteiger partial charge in [0.1, 0.15) is 0 Å². The molecule has 0 spiro atoms. The highest BCUT2D eigenvalue weighted by molar-refractivity contribution is 4.90. The van der Waals surface area contributed by atoms with Crippen molar-refractivity contribution >= 4 is 0 Å². The van der Waals surface area contributed by atoms with Gasteiger partial charge in [-0.1, -0.05) is 13.8 Å². The highest BCUT2D eigenvalue weighted by Gasteiger charge is 2.33. The smallest absolute Gasteiger partial charge is 0.0221 e. The number of hydrogen-bond donors (Lipinski definition) is 1. The van der Waals surface area contributed by atoms with E-state index in [0.717, 1.165) is 12.6 Å². The van der Waals surface area contributed by atoms with E-state index in [9.17, 15) is 0 Å². The summed E-state index contributed by atoms with van der Waals surface area (Å²) in [5.41, 5.74) is 0. The third kappa shape index (κ3) is 4.12. The van der Waals surface area contributed by atoms with Crippen molar-refractivity contribution in [3.05, 3.63) is 0 Å². The molecule has 0 bridgehead atoms. The topological polar surface area (TPSA) is 15.3 Å². The maximum Gasteiger partial charge on any atom is 0.0221 e. The van der Waals surface area contributed by atoms with Gasteiger partial charge in [-0.15, -0.1) is 0 Å². The Morgan fingerprint density at radius 1 is 1.20 bits per heavy atom. The van der Waals surface area contributed by atoms with Gasteiger partial charge in [0.2, 0.25) is 0 Å². The van der Waals surface area contributed by atoms with Crippen LogP contribution < -0.4 is 5.32 Å². The molecule has 0 radical (unpaired) electrons. The summed E-state index contributed by atoms with van der Waals surface area (Å²) in [5, 5.41) is 3.61. The van der Waals surface area contributed by atoms with Gasteiger partial charge in [-0.25, -0.2) is 0 Å². The Balaban J connectivity index is 2.35. The van der Waals surface area contributed by atoms with Crippen molar-refractivity contribution in [2.75, 3.05) is 13.1 Å². The van der Waals surface area contributed by atoms with E-state index in [0.29, 0.717) is 12.1 Å². The van der Waals surface area contributed by atoms with E-state index in [4.69, 9.17) is 0 Å². The lowest BCUT2D eigenvalue weighted by Gasteiger charge is -2.33. The molecular formula is C13H28N2. The minimum Gasteiger partial charge on any atom is -0.313 e. The van der Waals surface area contributed by atoms with Crippen LogP contribution in [0.4, 0.5) is 0 Å². The van der Waals surface area contributed by atoms with E-state index in [1.807, 2.05) is 0 Å². The summed E-state index contributed by atoms with van der Waals surface area (Å²) in [6.45, 7) is 11.6. The van der Waals surface area contributed by atoms with E-state index in [1.165, 1.54) is 32.2 Å². The number of nitrogens with one attached hydrogen (secondary N) is 1. The second-order valence-electron chi connectivity index (χ2n) is 4.95. The molecule has 0 aromatic heterocycles. The van der Waals surface area contributed by atoms with Gasteiger partial charge in [-0.05, 0) is 52.6 Å². The summed E-state index contributed by atoms with van der Waals surface area (Å²) in [6, 6.07) is 2.20. The maximum absolute atomic E-state index is 3.61. The number of rotatable bonds is 8. The molecule has 1 aliphatic rings. The van der Waals surface area contributed by atoms with Crippen LogP contribution in [0.15, 0.2) is 0 Å². The molecule has 0 amide bonds. The van der Waals surface area contributed by atoms with E-state index in [1.54, 1.807) is 0 Å². The molecule has 2 heteroatoms. The van der Waals surface area contributed by atoms with Crippen LogP contribution in [0.5, 0.6) is 0 Å². The zero-order chi connectivity index (χ0) is 11.3. The van der Waals surface area contributed by atoms with Gasteiger partial charge in [0.25, 0.3) is 0 Å². The molecule has 15 heavy (non-hydrogen) atoms. The van der Waals surface area contributed by atoms with Crippen LogP contribution in [0.25, 0.3) is 0 Å². The van der Waals surface area contributed by atoms with Gasteiger partial charge in [-0.2, -0.15) is 0 Å². The summed E-state index contributed by atoms with van der Waals surface area (Å²) in [5.74, 6) is 0. The van der Waals surface area contributed by atoms with Gasteiger partial charge < -0.3 is 5.32 Å². The first-order valence-electron chi connectivity index (χ1n) is 6.69. The Morgan fingerprint density at radius 2 is 1.87 bits per heavy atom. The molecule has 0 aliphatic heterocycles. The van der Waals surface area contributed by atoms with E-state index in [2.05, 4.69) is 37.9 Å². The quantitative estimate of drug-likeness (QED) is 0.665. The third-order valence-corrected chi connectivity index (χ3v) is 3.46. The average Bonchev–Trinajstić information content (AvgIpc) is 3.05. The summed E-state index contributed by atoms with van der Waals surface area (Å²) in [7, 11) is 0. The molecule has 0 saturated heterocycles. The lowest BCUT2D eigenvalue weighted by Crippen LogP contribution is -2.48. The second-order valence-corrected chi connectivity index (χ2v) is 4.95. The van der Waals surface area contributed by atoms with Crippen LogP contribution in [-0.4, -0.2) is 36.1 Å². The molecule has 0 heterocycles. The van der Waals surface area contributed by atoms with Crippen LogP contribution in [0.1, 0.15) is 53.4 Å². The normalized spacial score (nSPS) is 20.6. The van der Waals surface area contributed by atoms with E-state index >= 15 is 0 Å². The van der Waals surface area contributed by atoms with Gasteiger partial charge in [0.15, 0.2) is 0 Å². The first-order valence-corrected chi connectivity index (χ1v) is 6.69. The van der Waals surface area contributed by atoms with Crippen molar-refractivity contribution in [3.63, 3.8) is 0 Å². The Bertz CT molecular complexity index is 166. The molecule has 1 fully saturated rings. The molecule has 90 valence electrons. The van der Waals surface area contributed by atoms with Crippen molar-refractivity contribution in [3.8, 4) is 0 Å². The van der Waals surface area contributed by atoms with Gasteiger partial charge in [-0.3, -0.25) is 4.90 Å². The largest absolute Gasteiger partial charge is 0.313 e. The summed E-state index contributed by atoms with van der Waals surface area (Å²) >= 11 is 0. The number of hydrogen-bond acceptors (Lipinski definition) is 2. The van der Waals surface area contributed by atoms with Gasteiger partial charge in [0, 0.05) is 18.1 Å². The first-order chi connectivity index (χ1) is 7.20. The Kier molecular flexibility index (Phi) is 5.62. The molecule has 1 saturated carbocycles. The molecule has 2 unspecified atom stereocenters. The molecular weight excluding hydrogens is 184 g/mol. The minimum atomic E-state index is 0.622. The molecule has 0 aromatic carbocycles. The monoisotopic (exact) mass is 212 g/mol. The van der Waals surface area contributed by atoms with Crippen LogP contribution in [0.3, 0.4) is 0 Å². The van der Waals surface area contributed by atoms with Crippen LogP contribution in [0.2, 0.25) is 0 Å². The van der Waals surface area contributed by atoms with Crippen molar-refractivity contribution < 1.29 is 0 Å². The zero-order valence-electron chi connectivity index (χ0n) is 10.9. The maximum atomic E-state index is 3.61. The van der Waals surface area contributed by atoms with Crippen LogP contribution in [0, 0.1) is 0 Å². The number of nitrogens with zero attached hydrogens (tertiary/aromatic N) is 1. The molecule has 1 rings (SSSR count). The van der Waals surface area contributed by atoms with Crippen LogP contribution >= 0.6 is 0 Å². The summed E-state index contributed by atoms with van der Waals surface area (Å²) in [6.07, 6.45) is 5.35. The fourth-order valence-electron chi connectivity index (χ4n) is 2.21. The molecule has 1 aliphatic carbocycles. The fraction of sp³-hybridized carbons (Fsp3) is 1.00. The minimum absolute atomic E-state index is 0.622. The molecule has 1 N–H and O–H groups in total. The zero-order valence-corrected chi connectivity index (χ0v) is 10.9.